The van der Waals surface area contributed by atoms with Gasteiger partial charge in [0.15, 0.2) is 0 Å². The molecule has 0 bridgehead atoms. The summed E-state index contributed by atoms with van der Waals surface area (Å²) in [4.78, 5) is 15.7. The smallest absolute Gasteiger partial charge is 0.418 e. The molecule has 0 fully saturated rings. The van der Waals surface area contributed by atoms with Gasteiger partial charge in [0.25, 0.3) is 0 Å². The van der Waals surface area contributed by atoms with Crippen LogP contribution in [0.1, 0.15) is 26.3 Å². The number of halogens is 4. The number of rotatable bonds is 1. The highest BCUT2D eigenvalue weighted by Crippen LogP contribution is 2.40. The Labute approximate surface area is 158 Å². The van der Waals surface area contributed by atoms with E-state index in [0.29, 0.717) is 10.8 Å². The van der Waals surface area contributed by atoms with Crippen molar-refractivity contribution in [2.24, 2.45) is 0 Å². The fraction of sp³-hybridized carbons (Fsp3) is 0.263. The van der Waals surface area contributed by atoms with Crippen molar-refractivity contribution in [1.82, 2.24) is 9.55 Å². The number of aromatic nitrogens is 2. The molecule has 142 valence electrons. The summed E-state index contributed by atoms with van der Waals surface area (Å²) in [5.41, 5.74) is -1.44. The number of nitrogens with zero attached hydrogens (tertiary/aromatic N) is 2. The van der Waals surface area contributed by atoms with E-state index in [-0.39, 0.29) is 16.1 Å². The van der Waals surface area contributed by atoms with Crippen molar-refractivity contribution < 1.29 is 22.7 Å². The summed E-state index contributed by atoms with van der Waals surface area (Å²) in [5.74, 6) is 0. The molecule has 0 aliphatic rings. The van der Waals surface area contributed by atoms with E-state index in [4.69, 9.17) is 16.3 Å². The number of fused-ring (bicyclic) bond motifs is 1. The van der Waals surface area contributed by atoms with Gasteiger partial charge in [0.2, 0.25) is 0 Å². The molecule has 0 amide bonds. The third-order valence-corrected chi connectivity index (χ3v) is 4.03. The first-order valence-corrected chi connectivity index (χ1v) is 8.40. The lowest BCUT2D eigenvalue weighted by Gasteiger charge is -2.19. The number of hydrogen-bond donors (Lipinski definition) is 0. The first-order valence-electron chi connectivity index (χ1n) is 8.02. The van der Waals surface area contributed by atoms with Crippen LogP contribution in [0.4, 0.5) is 18.0 Å². The van der Waals surface area contributed by atoms with Crippen molar-refractivity contribution in [1.29, 1.82) is 0 Å². The molecule has 0 atom stereocenters. The Morgan fingerprint density at radius 3 is 2.41 bits per heavy atom. The SMILES string of the molecule is CC(C)(C)OC(=O)n1cc2ccc(-c3c(Cl)cncc3C(F)(F)F)cc2c1. The maximum Gasteiger partial charge on any atom is 0.418 e. The van der Waals surface area contributed by atoms with E-state index in [9.17, 15) is 18.0 Å². The van der Waals surface area contributed by atoms with E-state index < -0.39 is 23.4 Å². The predicted octanol–water partition coefficient (Wildman–Crippen LogP) is 6.16. The van der Waals surface area contributed by atoms with Gasteiger partial charge in [-0.3, -0.25) is 9.55 Å². The Morgan fingerprint density at radius 1 is 1.11 bits per heavy atom. The highest BCUT2D eigenvalue weighted by atomic mass is 35.5. The van der Waals surface area contributed by atoms with Gasteiger partial charge < -0.3 is 4.74 Å². The van der Waals surface area contributed by atoms with Crippen LogP contribution in [0.25, 0.3) is 21.9 Å². The molecule has 4 nitrogen and oxygen atoms in total. The highest BCUT2D eigenvalue weighted by Gasteiger charge is 2.35. The van der Waals surface area contributed by atoms with Gasteiger partial charge in [0.1, 0.15) is 5.60 Å². The number of benzene rings is 1. The second-order valence-corrected chi connectivity index (χ2v) is 7.44. The van der Waals surface area contributed by atoms with Gasteiger partial charge in [0, 0.05) is 41.1 Å². The molecule has 0 aliphatic heterocycles. The van der Waals surface area contributed by atoms with E-state index in [2.05, 4.69) is 4.98 Å². The lowest BCUT2D eigenvalue weighted by atomic mass is 9.99. The van der Waals surface area contributed by atoms with Gasteiger partial charge in [0.05, 0.1) is 10.6 Å². The van der Waals surface area contributed by atoms with E-state index in [0.717, 1.165) is 6.20 Å². The predicted molar refractivity (Wildman–Crippen MR) is 96.8 cm³/mol. The molecular weight excluding hydrogens is 381 g/mol. The fourth-order valence-corrected chi connectivity index (χ4v) is 2.93. The van der Waals surface area contributed by atoms with E-state index in [1.807, 2.05) is 0 Å². The molecule has 0 unspecified atom stereocenters. The van der Waals surface area contributed by atoms with Crippen molar-refractivity contribution in [3.05, 3.63) is 53.6 Å². The first kappa shape index (κ1) is 19.2. The number of hydrogen-bond acceptors (Lipinski definition) is 3. The van der Waals surface area contributed by atoms with Crippen LogP contribution >= 0.6 is 11.6 Å². The molecule has 3 aromatic rings. The van der Waals surface area contributed by atoms with Gasteiger partial charge in [-0.2, -0.15) is 13.2 Å². The van der Waals surface area contributed by atoms with Gasteiger partial charge in [-0.1, -0.05) is 23.7 Å². The average molecular weight is 397 g/mol. The number of ether oxygens (including phenoxy) is 1. The molecule has 0 spiro atoms. The molecule has 1 aromatic carbocycles. The molecule has 0 aliphatic carbocycles. The lowest BCUT2D eigenvalue weighted by molar-refractivity contribution is -0.137. The first-order chi connectivity index (χ1) is 12.5. The second kappa shape index (κ2) is 6.56. The third-order valence-electron chi connectivity index (χ3n) is 3.74. The van der Waals surface area contributed by atoms with Crippen molar-refractivity contribution in [2.45, 2.75) is 32.5 Å². The van der Waals surface area contributed by atoms with Gasteiger partial charge in [-0.25, -0.2) is 4.79 Å². The van der Waals surface area contributed by atoms with Crippen LogP contribution in [-0.2, 0) is 10.9 Å². The molecule has 8 heteroatoms. The number of pyridine rings is 1. The van der Waals surface area contributed by atoms with Gasteiger partial charge >= 0.3 is 12.3 Å². The van der Waals surface area contributed by atoms with Gasteiger partial charge in [-0.15, -0.1) is 0 Å². The highest BCUT2D eigenvalue weighted by molar-refractivity contribution is 6.33. The van der Waals surface area contributed by atoms with Crippen molar-refractivity contribution >= 4 is 28.5 Å². The topological polar surface area (TPSA) is 44.1 Å². The minimum absolute atomic E-state index is 0.101. The molecule has 3 rings (SSSR count). The molecule has 2 heterocycles. The quantitative estimate of drug-likeness (QED) is 0.495. The van der Waals surface area contributed by atoms with Crippen molar-refractivity contribution in [2.75, 3.05) is 0 Å². The van der Waals surface area contributed by atoms with Crippen LogP contribution in [0, 0.1) is 0 Å². The molecule has 0 N–H and O–H groups in total. The van der Waals surface area contributed by atoms with Gasteiger partial charge in [-0.05, 0) is 32.4 Å². The fourth-order valence-electron chi connectivity index (χ4n) is 2.66. The van der Waals surface area contributed by atoms with Crippen LogP contribution in [0.2, 0.25) is 5.02 Å². The lowest BCUT2D eigenvalue weighted by Crippen LogP contribution is -2.26. The summed E-state index contributed by atoms with van der Waals surface area (Å²) in [6.45, 7) is 5.24. The largest absolute Gasteiger partial charge is 0.443 e. The van der Waals surface area contributed by atoms with Crippen LogP contribution in [0.3, 0.4) is 0 Å². The monoisotopic (exact) mass is 396 g/mol. The standard InChI is InChI=1S/C19H16ClF3N2O2/c1-18(2,3)27-17(26)25-9-12-5-4-11(6-13(12)10-25)16-14(19(21,22)23)7-24-8-15(16)20/h4-10H,1-3H3. The Bertz CT molecular complexity index is 1020. The summed E-state index contributed by atoms with van der Waals surface area (Å²) in [6.07, 6.45) is -0.177. The van der Waals surface area contributed by atoms with Crippen molar-refractivity contribution in [3.63, 3.8) is 0 Å². The van der Waals surface area contributed by atoms with E-state index in [1.54, 1.807) is 39.1 Å². The summed E-state index contributed by atoms with van der Waals surface area (Å²) in [5, 5.41) is 1.17. The Morgan fingerprint density at radius 2 is 1.78 bits per heavy atom. The maximum atomic E-state index is 13.3. The third kappa shape index (κ3) is 4.08. The zero-order valence-electron chi connectivity index (χ0n) is 14.8. The minimum atomic E-state index is -4.59. The Balaban J connectivity index is 2.08. The molecular formula is C19H16ClF3N2O2. The van der Waals surface area contributed by atoms with Crippen LogP contribution in [-0.4, -0.2) is 21.2 Å². The number of carbonyl (C=O) groups is 1. The summed E-state index contributed by atoms with van der Waals surface area (Å²) < 4.78 is 46.6. The summed E-state index contributed by atoms with van der Waals surface area (Å²) in [6, 6.07) is 4.70. The average Bonchev–Trinajstić information content (AvgIpc) is 2.95. The zero-order valence-corrected chi connectivity index (χ0v) is 15.5. The molecule has 0 saturated heterocycles. The summed E-state index contributed by atoms with van der Waals surface area (Å²) >= 11 is 6.01. The van der Waals surface area contributed by atoms with Crippen LogP contribution < -0.4 is 0 Å². The van der Waals surface area contributed by atoms with E-state index >= 15 is 0 Å². The number of alkyl halides is 3. The maximum absolute atomic E-state index is 13.3. The van der Waals surface area contributed by atoms with Crippen molar-refractivity contribution in [3.8, 4) is 11.1 Å². The second-order valence-electron chi connectivity index (χ2n) is 7.03. The van der Waals surface area contributed by atoms with Crippen LogP contribution in [0.5, 0.6) is 0 Å². The Hall–Kier alpha value is -2.54. The number of carbonyl (C=O) groups excluding carboxylic acids is 1. The Kier molecular flexibility index (Phi) is 4.67. The minimum Gasteiger partial charge on any atom is -0.443 e. The van der Waals surface area contributed by atoms with Crippen LogP contribution in [0.15, 0.2) is 43.0 Å². The molecule has 27 heavy (non-hydrogen) atoms. The molecule has 0 saturated carbocycles. The zero-order chi connectivity index (χ0) is 20.0. The summed E-state index contributed by atoms with van der Waals surface area (Å²) in [7, 11) is 0. The normalized spacial score (nSPS) is 12.4. The molecule has 2 aromatic heterocycles. The van der Waals surface area contributed by atoms with E-state index in [1.165, 1.54) is 23.0 Å². The molecule has 0 radical (unpaired) electrons.